The Kier molecular flexibility index (Phi) is 5.74. The average molecular weight is 292 g/mol. The average Bonchev–Trinajstić information content (AvgIpc) is 2.74. The van der Waals surface area contributed by atoms with Crippen molar-refractivity contribution in [1.29, 1.82) is 0 Å². The highest BCUT2D eigenvalue weighted by Gasteiger charge is 2.24. The fourth-order valence-electron chi connectivity index (χ4n) is 2.81. The van der Waals surface area contributed by atoms with E-state index in [-0.39, 0.29) is 29.7 Å². The van der Waals surface area contributed by atoms with Crippen molar-refractivity contribution in [2.45, 2.75) is 51.6 Å². The summed E-state index contributed by atoms with van der Waals surface area (Å²) in [7, 11) is 0. The number of benzene rings is 1. The summed E-state index contributed by atoms with van der Waals surface area (Å²) in [5, 5.41) is 6.44. The van der Waals surface area contributed by atoms with Crippen molar-refractivity contribution in [3.63, 3.8) is 0 Å². The Bertz CT molecular complexity index is 450. The Morgan fingerprint density at radius 2 is 1.95 bits per heavy atom. The van der Waals surface area contributed by atoms with E-state index < -0.39 is 0 Å². The van der Waals surface area contributed by atoms with Crippen LogP contribution in [0.4, 0.5) is 4.39 Å². The van der Waals surface area contributed by atoms with Gasteiger partial charge in [-0.1, -0.05) is 38.8 Å². The summed E-state index contributed by atoms with van der Waals surface area (Å²) >= 11 is 0. The fourth-order valence-corrected chi connectivity index (χ4v) is 2.81. The van der Waals surface area contributed by atoms with Crippen LogP contribution < -0.4 is 10.6 Å². The summed E-state index contributed by atoms with van der Waals surface area (Å²) in [6.45, 7) is 5.03. The van der Waals surface area contributed by atoms with Gasteiger partial charge in [0.2, 0.25) is 5.91 Å². The third-order valence-corrected chi connectivity index (χ3v) is 4.07. The number of halogens is 1. The van der Waals surface area contributed by atoms with Gasteiger partial charge < -0.3 is 10.6 Å². The first-order valence-electron chi connectivity index (χ1n) is 7.87. The maximum atomic E-state index is 13.1. The second kappa shape index (κ2) is 7.55. The molecule has 1 heterocycles. The summed E-state index contributed by atoms with van der Waals surface area (Å²) in [5.74, 6) is 0.0585. The third-order valence-electron chi connectivity index (χ3n) is 4.07. The molecule has 1 aromatic carbocycles. The van der Waals surface area contributed by atoms with Crippen LogP contribution in [-0.4, -0.2) is 18.5 Å². The molecule has 2 N–H and O–H groups in total. The van der Waals surface area contributed by atoms with Crippen LogP contribution in [0.5, 0.6) is 0 Å². The van der Waals surface area contributed by atoms with Gasteiger partial charge in [-0.15, -0.1) is 0 Å². The topological polar surface area (TPSA) is 41.1 Å². The van der Waals surface area contributed by atoms with Gasteiger partial charge in [-0.2, -0.15) is 0 Å². The van der Waals surface area contributed by atoms with Gasteiger partial charge in [-0.3, -0.25) is 4.79 Å². The molecular formula is C17H25FN2O. The SMILES string of the molecule is CC(C)C(NC(=O)C1CCCCCN1)c1ccc(F)cc1. The van der Waals surface area contributed by atoms with Gasteiger partial charge in [0, 0.05) is 0 Å². The van der Waals surface area contributed by atoms with E-state index in [1.165, 1.54) is 18.6 Å². The van der Waals surface area contributed by atoms with E-state index in [1.54, 1.807) is 12.1 Å². The standard InChI is InChI=1S/C17H25FN2O/c1-12(2)16(13-7-9-14(18)10-8-13)20-17(21)15-6-4-3-5-11-19-15/h7-10,12,15-16,19H,3-6,11H2,1-2H3,(H,20,21). The summed E-state index contributed by atoms with van der Waals surface area (Å²) in [6.07, 6.45) is 4.30. The molecule has 1 aliphatic rings. The van der Waals surface area contributed by atoms with Gasteiger partial charge in [0.05, 0.1) is 12.1 Å². The third kappa shape index (κ3) is 4.53. The molecule has 0 saturated carbocycles. The van der Waals surface area contributed by atoms with Crippen molar-refractivity contribution in [2.24, 2.45) is 5.92 Å². The summed E-state index contributed by atoms with van der Waals surface area (Å²) < 4.78 is 13.1. The molecule has 2 atom stereocenters. The molecular weight excluding hydrogens is 267 g/mol. The molecule has 116 valence electrons. The van der Waals surface area contributed by atoms with E-state index in [4.69, 9.17) is 0 Å². The van der Waals surface area contributed by atoms with Crippen LogP contribution in [0.15, 0.2) is 24.3 Å². The van der Waals surface area contributed by atoms with Gasteiger partial charge in [0.1, 0.15) is 5.82 Å². The number of hydrogen-bond acceptors (Lipinski definition) is 2. The van der Waals surface area contributed by atoms with Crippen LogP contribution in [0, 0.1) is 11.7 Å². The minimum absolute atomic E-state index is 0.0555. The van der Waals surface area contributed by atoms with Crippen LogP contribution in [-0.2, 0) is 4.79 Å². The highest BCUT2D eigenvalue weighted by atomic mass is 19.1. The Balaban J connectivity index is 2.05. The lowest BCUT2D eigenvalue weighted by molar-refractivity contribution is -0.124. The van der Waals surface area contributed by atoms with Gasteiger partial charge in [-0.05, 0) is 43.0 Å². The summed E-state index contributed by atoms with van der Waals surface area (Å²) in [5.41, 5.74) is 0.952. The Morgan fingerprint density at radius 3 is 2.62 bits per heavy atom. The lowest BCUT2D eigenvalue weighted by atomic mass is 9.95. The number of carbonyl (C=O) groups excluding carboxylic acids is 1. The zero-order valence-electron chi connectivity index (χ0n) is 12.9. The molecule has 1 amide bonds. The van der Waals surface area contributed by atoms with Gasteiger partial charge >= 0.3 is 0 Å². The number of carbonyl (C=O) groups is 1. The lowest BCUT2D eigenvalue weighted by Gasteiger charge is -2.26. The predicted octanol–water partition coefficient (Wildman–Crippen LogP) is 3.17. The minimum atomic E-state index is -0.252. The molecule has 3 nitrogen and oxygen atoms in total. The normalized spacial score (nSPS) is 20.9. The molecule has 4 heteroatoms. The van der Waals surface area contributed by atoms with E-state index in [1.807, 2.05) is 0 Å². The monoisotopic (exact) mass is 292 g/mol. The Morgan fingerprint density at radius 1 is 1.24 bits per heavy atom. The van der Waals surface area contributed by atoms with Crippen LogP contribution in [0.25, 0.3) is 0 Å². The van der Waals surface area contributed by atoms with E-state index in [2.05, 4.69) is 24.5 Å². The van der Waals surface area contributed by atoms with Crippen LogP contribution >= 0.6 is 0 Å². The predicted molar refractivity (Wildman–Crippen MR) is 82.4 cm³/mol. The molecule has 0 spiro atoms. The zero-order valence-corrected chi connectivity index (χ0v) is 12.9. The second-order valence-corrected chi connectivity index (χ2v) is 6.14. The molecule has 21 heavy (non-hydrogen) atoms. The first-order valence-corrected chi connectivity index (χ1v) is 7.87. The summed E-state index contributed by atoms with van der Waals surface area (Å²) in [4.78, 5) is 12.5. The van der Waals surface area contributed by atoms with Crippen LogP contribution in [0.2, 0.25) is 0 Å². The molecule has 1 aliphatic heterocycles. The van der Waals surface area contributed by atoms with E-state index in [0.717, 1.165) is 31.4 Å². The van der Waals surface area contributed by atoms with Crippen LogP contribution in [0.3, 0.4) is 0 Å². The number of hydrogen-bond donors (Lipinski definition) is 2. The molecule has 1 fully saturated rings. The fraction of sp³-hybridized carbons (Fsp3) is 0.588. The van der Waals surface area contributed by atoms with Crippen molar-refractivity contribution in [2.75, 3.05) is 6.54 Å². The smallest absolute Gasteiger partial charge is 0.237 e. The molecule has 0 aliphatic carbocycles. The van der Waals surface area contributed by atoms with Crippen molar-refractivity contribution in [1.82, 2.24) is 10.6 Å². The lowest BCUT2D eigenvalue weighted by Crippen LogP contribution is -2.45. The quantitative estimate of drug-likeness (QED) is 0.895. The van der Waals surface area contributed by atoms with Crippen molar-refractivity contribution < 1.29 is 9.18 Å². The van der Waals surface area contributed by atoms with Gasteiger partial charge in [0.25, 0.3) is 0 Å². The Hall–Kier alpha value is -1.42. The van der Waals surface area contributed by atoms with E-state index in [0.29, 0.717) is 0 Å². The molecule has 1 aromatic rings. The molecule has 2 rings (SSSR count). The maximum absolute atomic E-state index is 13.1. The first kappa shape index (κ1) is 16.0. The number of nitrogens with one attached hydrogen (secondary N) is 2. The minimum Gasteiger partial charge on any atom is -0.348 e. The molecule has 0 bridgehead atoms. The first-order chi connectivity index (χ1) is 10.1. The molecule has 0 radical (unpaired) electrons. The van der Waals surface area contributed by atoms with E-state index >= 15 is 0 Å². The van der Waals surface area contributed by atoms with Crippen molar-refractivity contribution in [3.05, 3.63) is 35.6 Å². The molecule has 2 unspecified atom stereocenters. The van der Waals surface area contributed by atoms with E-state index in [9.17, 15) is 9.18 Å². The van der Waals surface area contributed by atoms with Gasteiger partial charge in [-0.25, -0.2) is 4.39 Å². The summed E-state index contributed by atoms with van der Waals surface area (Å²) in [6, 6.07) is 6.21. The van der Waals surface area contributed by atoms with Gasteiger partial charge in [0.15, 0.2) is 0 Å². The molecule has 1 saturated heterocycles. The second-order valence-electron chi connectivity index (χ2n) is 6.14. The number of rotatable bonds is 4. The van der Waals surface area contributed by atoms with Crippen LogP contribution in [0.1, 0.15) is 51.1 Å². The highest BCUT2D eigenvalue weighted by Crippen LogP contribution is 2.22. The van der Waals surface area contributed by atoms with Crippen molar-refractivity contribution in [3.8, 4) is 0 Å². The number of amides is 1. The highest BCUT2D eigenvalue weighted by molar-refractivity contribution is 5.82. The zero-order chi connectivity index (χ0) is 15.2. The maximum Gasteiger partial charge on any atom is 0.237 e. The van der Waals surface area contributed by atoms with Crippen molar-refractivity contribution >= 4 is 5.91 Å². The Labute approximate surface area is 126 Å². The largest absolute Gasteiger partial charge is 0.348 e. The molecule has 0 aromatic heterocycles.